The van der Waals surface area contributed by atoms with E-state index in [9.17, 15) is 4.79 Å². The van der Waals surface area contributed by atoms with Gasteiger partial charge in [0.25, 0.3) is 0 Å². The summed E-state index contributed by atoms with van der Waals surface area (Å²) in [5, 5.41) is 0. The summed E-state index contributed by atoms with van der Waals surface area (Å²) >= 11 is 0. The molecule has 5 rings (SSSR count). The molecule has 0 amide bonds. The normalized spacial score (nSPS) is 30.7. The highest BCUT2D eigenvalue weighted by atomic mass is 16.8. The van der Waals surface area contributed by atoms with Gasteiger partial charge in [-0.25, -0.2) is 4.79 Å². The Balaban J connectivity index is 1.36. The molecule has 1 aromatic carbocycles. The van der Waals surface area contributed by atoms with Gasteiger partial charge in [-0.3, -0.25) is 0 Å². The van der Waals surface area contributed by atoms with Crippen molar-refractivity contribution >= 4 is 5.97 Å². The van der Waals surface area contributed by atoms with Crippen molar-refractivity contribution in [2.24, 2.45) is 0 Å². The minimum atomic E-state index is -0.788. The van der Waals surface area contributed by atoms with Gasteiger partial charge in [0, 0.05) is 0 Å². The van der Waals surface area contributed by atoms with E-state index in [1.54, 1.807) is 20.8 Å². The van der Waals surface area contributed by atoms with E-state index < -0.39 is 36.4 Å². The maximum Gasteiger partial charge on any atom is 0.377 e. The van der Waals surface area contributed by atoms with Crippen LogP contribution in [0.1, 0.15) is 26.3 Å². The van der Waals surface area contributed by atoms with Crippen LogP contribution in [-0.2, 0) is 39.8 Å². The summed E-state index contributed by atoms with van der Waals surface area (Å²) in [6, 6.07) is 5.51. The van der Waals surface area contributed by atoms with Crippen molar-refractivity contribution in [1.82, 2.24) is 0 Å². The van der Waals surface area contributed by atoms with Crippen LogP contribution in [0.2, 0.25) is 0 Å². The highest BCUT2D eigenvalue weighted by Crippen LogP contribution is 2.46. The van der Waals surface area contributed by atoms with Gasteiger partial charge < -0.3 is 37.9 Å². The van der Waals surface area contributed by atoms with Gasteiger partial charge >= 0.3 is 5.97 Å². The SMILES string of the molecule is CCOC(=O)C1=C(OCc2ccc3c(c2)OCO3)C2O[C@@H]3OC(C)(C)O[C@@H]3C2O1. The number of esters is 1. The van der Waals surface area contributed by atoms with Gasteiger partial charge in [-0.15, -0.1) is 0 Å². The molecule has 2 unspecified atom stereocenters. The van der Waals surface area contributed by atoms with Crippen molar-refractivity contribution in [2.75, 3.05) is 13.4 Å². The van der Waals surface area contributed by atoms with Crippen LogP contribution in [0.5, 0.6) is 11.5 Å². The predicted octanol–water partition coefficient (Wildman–Crippen LogP) is 1.98. The van der Waals surface area contributed by atoms with E-state index in [1.165, 1.54) is 0 Å². The van der Waals surface area contributed by atoms with Crippen LogP contribution in [0.3, 0.4) is 0 Å². The lowest BCUT2D eigenvalue weighted by Gasteiger charge is -2.21. The van der Waals surface area contributed by atoms with Crippen LogP contribution < -0.4 is 9.47 Å². The highest BCUT2D eigenvalue weighted by molar-refractivity contribution is 5.87. The predicted molar refractivity (Wildman–Crippen MR) is 94.6 cm³/mol. The molecule has 0 aliphatic carbocycles. The van der Waals surface area contributed by atoms with Crippen molar-refractivity contribution in [3.63, 3.8) is 0 Å². The Kier molecular flexibility index (Phi) is 4.34. The van der Waals surface area contributed by atoms with Crippen LogP contribution in [0, 0.1) is 0 Å². The number of carbonyl (C=O) groups excluding carboxylic acids is 1. The minimum absolute atomic E-state index is 0.00866. The number of ether oxygens (including phenoxy) is 8. The molecular weight excluding hydrogens is 384 g/mol. The lowest BCUT2D eigenvalue weighted by Crippen LogP contribution is -2.34. The molecule has 156 valence electrons. The number of benzene rings is 1. The van der Waals surface area contributed by atoms with E-state index in [1.807, 2.05) is 18.2 Å². The second kappa shape index (κ2) is 6.79. The van der Waals surface area contributed by atoms with Crippen LogP contribution in [0.4, 0.5) is 0 Å². The Labute approximate surface area is 167 Å². The average Bonchev–Trinajstić information content (AvgIpc) is 3.40. The fourth-order valence-corrected chi connectivity index (χ4v) is 3.83. The Bertz CT molecular complexity index is 862. The quantitative estimate of drug-likeness (QED) is 0.681. The summed E-state index contributed by atoms with van der Waals surface area (Å²) < 4.78 is 45.3. The van der Waals surface area contributed by atoms with Crippen molar-refractivity contribution in [3.05, 3.63) is 35.3 Å². The van der Waals surface area contributed by atoms with Crippen LogP contribution in [-0.4, -0.2) is 49.8 Å². The first-order valence-electron chi connectivity index (χ1n) is 9.55. The zero-order chi connectivity index (χ0) is 20.2. The first-order valence-corrected chi connectivity index (χ1v) is 9.55. The van der Waals surface area contributed by atoms with Gasteiger partial charge in [-0.05, 0) is 38.5 Å². The molecular formula is C20H22O9. The minimum Gasteiger partial charge on any atom is -0.486 e. The third-order valence-electron chi connectivity index (χ3n) is 5.02. The smallest absolute Gasteiger partial charge is 0.377 e. The van der Waals surface area contributed by atoms with E-state index in [0.29, 0.717) is 11.5 Å². The standard InChI is InChI=1S/C20H22O9/c1-4-22-18(21)16-13(23-8-10-5-6-11-12(7-10)25-9-24-11)14-15(26-16)17-19(27-14)29-20(2,3)28-17/h5-7,14-15,17,19H,4,8-9H2,1-3H3/t14?,15?,17-,19-/m1/s1. The molecule has 0 aromatic heterocycles. The first kappa shape index (κ1) is 18.5. The molecule has 0 radical (unpaired) electrons. The Morgan fingerprint density at radius 2 is 2.00 bits per heavy atom. The molecule has 0 N–H and O–H groups in total. The molecule has 2 saturated heterocycles. The molecule has 29 heavy (non-hydrogen) atoms. The Morgan fingerprint density at radius 3 is 2.83 bits per heavy atom. The highest BCUT2D eigenvalue weighted by Gasteiger charge is 2.61. The summed E-state index contributed by atoms with van der Waals surface area (Å²) in [6.07, 6.45) is -2.22. The zero-order valence-corrected chi connectivity index (χ0v) is 16.3. The van der Waals surface area contributed by atoms with Crippen LogP contribution in [0.25, 0.3) is 0 Å². The average molecular weight is 406 g/mol. The number of carbonyl (C=O) groups is 1. The third kappa shape index (κ3) is 3.19. The fourth-order valence-electron chi connectivity index (χ4n) is 3.83. The van der Waals surface area contributed by atoms with Gasteiger partial charge in [-0.1, -0.05) is 6.07 Å². The van der Waals surface area contributed by atoms with Gasteiger partial charge in [0.05, 0.1) is 6.61 Å². The van der Waals surface area contributed by atoms with Crippen molar-refractivity contribution in [2.45, 2.75) is 57.8 Å². The van der Waals surface area contributed by atoms with Gasteiger partial charge in [-0.2, -0.15) is 0 Å². The summed E-state index contributed by atoms with van der Waals surface area (Å²) in [5.74, 6) is 0.250. The molecule has 4 aliphatic heterocycles. The lowest BCUT2D eigenvalue weighted by atomic mass is 10.1. The van der Waals surface area contributed by atoms with E-state index in [0.717, 1.165) is 5.56 Å². The van der Waals surface area contributed by atoms with Gasteiger partial charge in [0.2, 0.25) is 12.6 Å². The largest absolute Gasteiger partial charge is 0.486 e. The molecule has 4 atom stereocenters. The van der Waals surface area contributed by atoms with E-state index in [4.69, 9.17) is 37.9 Å². The Morgan fingerprint density at radius 1 is 1.17 bits per heavy atom. The number of fused-ring (bicyclic) bond motifs is 4. The summed E-state index contributed by atoms with van der Waals surface area (Å²) in [4.78, 5) is 12.4. The molecule has 4 heterocycles. The second-order valence-electron chi connectivity index (χ2n) is 7.50. The van der Waals surface area contributed by atoms with Gasteiger partial charge in [0.15, 0.2) is 47.6 Å². The monoisotopic (exact) mass is 406 g/mol. The van der Waals surface area contributed by atoms with Crippen molar-refractivity contribution in [1.29, 1.82) is 0 Å². The number of hydrogen-bond acceptors (Lipinski definition) is 9. The molecule has 2 fully saturated rings. The Hall–Kier alpha value is -2.49. The lowest BCUT2D eigenvalue weighted by molar-refractivity contribution is -0.210. The molecule has 0 spiro atoms. The van der Waals surface area contributed by atoms with Gasteiger partial charge in [0.1, 0.15) is 6.61 Å². The second-order valence-corrected chi connectivity index (χ2v) is 7.50. The number of hydrogen-bond donors (Lipinski definition) is 0. The molecule has 0 saturated carbocycles. The zero-order valence-electron chi connectivity index (χ0n) is 16.3. The summed E-state index contributed by atoms with van der Waals surface area (Å²) in [5.41, 5.74) is 0.847. The number of rotatable bonds is 5. The summed E-state index contributed by atoms with van der Waals surface area (Å²) in [6.45, 7) is 5.93. The molecule has 9 nitrogen and oxygen atoms in total. The maximum atomic E-state index is 12.4. The van der Waals surface area contributed by atoms with E-state index in [2.05, 4.69) is 0 Å². The van der Waals surface area contributed by atoms with Crippen LogP contribution >= 0.6 is 0 Å². The fraction of sp³-hybridized carbons (Fsp3) is 0.550. The van der Waals surface area contributed by atoms with E-state index in [-0.39, 0.29) is 31.5 Å². The molecule has 0 bridgehead atoms. The van der Waals surface area contributed by atoms with Crippen molar-refractivity contribution < 1.29 is 42.7 Å². The molecule has 9 heteroatoms. The molecule has 1 aromatic rings. The topological polar surface area (TPSA) is 90.9 Å². The van der Waals surface area contributed by atoms with Crippen LogP contribution in [0.15, 0.2) is 29.7 Å². The van der Waals surface area contributed by atoms with E-state index >= 15 is 0 Å². The summed E-state index contributed by atoms with van der Waals surface area (Å²) in [7, 11) is 0. The molecule has 4 aliphatic rings. The third-order valence-corrected chi connectivity index (χ3v) is 5.02. The van der Waals surface area contributed by atoms with Crippen molar-refractivity contribution in [3.8, 4) is 11.5 Å². The first-order chi connectivity index (χ1) is 13.9. The maximum absolute atomic E-state index is 12.4.